The molecule has 2 nitrogen and oxygen atoms in total. The topological polar surface area (TPSA) is 6.48 Å². The first-order chi connectivity index (χ1) is 45.0. The van der Waals surface area contributed by atoms with E-state index in [0.717, 1.165) is 11.4 Å². The van der Waals surface area contributed by atoms with Gasteiger partial charge in [-0.15, -0.1) is 45.3 Å². The molecule has 0 unspecified atom stereocenters. The van der Waals surface area contributed by atoms with Crippen LogP contribution in [0.3, 0.4) is 0 Å². The van der Waals surface area contributed by atoms with Crippen molar-refractivity contribution < 1.29 is 0 Å². The molecule has 2 aliphatic heterocycles. The fourth-order valence-corrected chi connectivity index (χ4v) is 29.8. The molecule has 92 heavy (non-hydrogen) atoms. The van der Waals surface area contributed by atoms with Gasteiger partial charge >= 0.3 is 0 Å². The normalized spacial score (nSPS) is 13.9. The summed E-state index contributed by atoms with van der Waals surface area (Å²) >= 11 is 7.61. The molecule has 2 aliphatic rings. The van der Waals surface area contributed by atoms with Crippen LogP contribution in [0.4, 0.5) is 34.1 Å². The molecule has 0 radical (unpaired) electrons. The van der Waals surface area contributed by atoms with Crippen LogP contribution < -0.4 is 51.3 Å². The van der Waals surface area contributed by atoms with E-state index in [2.05, 4.69) is 318 Å². The van der Waals surface area contributed by atoms with Gasteiger partial charge in [0.1, 0.15) is 0 Å². The summed E-state index contributed by atoms with van der Waals surface area (Å²) in [5.74, 6) is 0. The molecular weight excluding hydrogens is 1220 g/mol. The van der Waals surface area contributed by atoms with Crippen LogP contribution in [-0.4, -0.2) is 16.1 Å². The highest BCUT2D eigenvalue weighted by Gasteiger charge is 2.51. The van der Waals surface area contributed by atoms with Crippen molar-refractivity contribution in [3.63, 3.8) is 0 Å². The molecule has 0 saturated heterocycles. The molecule has 0 N–H and O–H groups in total. The number of rotatable bonds is 8. The van der Waals surface area contributed by atoms with Gasteiger partial charge in [-0.1, -0.05) is 204 Å². The van der Waals surface area contributed by atoms with Gasteiger partial charge in [-0.3, -0.25) is 0 Å². The van der Waals surface area contributed by atoms with Crippen LogP contribution in [0.5, 0.6) is 0 Å². The number of benzene rings is 12. The summed E-state index contributed by atoms with van der Waals surface area (Å²) in [6, 6.07) is 105. The minimum absolute atomic E-state index is 1.15. The quantitative estimate of drug-likeness (QED) is 0.140. The Bertz CT molecular complexity index is 5230. The molecular formula is C84H62N2S4Si2. The summed E-state index contributed by atoms with van der Waals surface area (Å²) in [5, 5.41) is 18.9. The standard InChI is InChI=1S/C84H62N2S4Si2/c1-51-23-33-59(34-24-51)91(60-35-25-52(2)26-36-60)81-21-13-9-17-71(81)85(73-49-79-69(47-83(73)91)63-15-7-11-19-75(63)89-79)57-43-65-66(67(45-57)77-41-31-55(5)87-77)44-58(46-68(65)78-42-32-56(6)88-78)86-72-18-10-14-22-82(72)92(61-37-27-53(3)28-38-61,62-39-29-54(4)30-40-62)84-48-70-64-16-8-12-20-76(64)90-80(70)50-74(84)86/h7-50H,1-6H3. The molecule has 4 aromatic heterocycles. The molecule has 12 aromatic carbocycles. The molecule has 440 valence electrons. The van der Waals surface area contributed by atoms with Gasteiger partial charge in [-0.2, -0.15) is 0 Å². The Hall–Kier alpha value is -9.23. The zero-order chi connectivity index (χ0) is 61.7. The molecule has 18 rings (SSSR count). The summed E-state index contributed by atoms with van der Waals surface area (Å²) in [6.07, 6.45) is 0. The van der Waals surface area contributed by atoms with E-state index in [1.165, 1.54) is 168 Å². The van der Waals surface area contributed by atoms with Crippen LogP contribution in [0.1, 0.15) is 32.0 Å². The van der Waals surface area contributed by atoms with Crippen LogP contribution in [0.25, 0.3) is 72.0 Å². The van der Waals surface area contributed by atoms with Crippen LogP contribution in [0.15, 0.2) is 267 Å². The third-order valence-electron chi connectivity index (χ3n) is 19.9. The Kier molecular flexibility index (Phi) is 12.8. The molecule has 0 bridgehead atoms. The highest BCUT2D eigenvalue weighted by molar-refractivity contribution is 7.27. The molecule has 8 heteroatoms. The van der Waals surface area contributed by atoms with Crippen molar-refractivity contribution >= 4 is 188 Å². The number of fused-ring (bicyclic) bond motifs is 11. The molecule has 0 fully saturated rings. The highest BCUT2D eigenvalue weighted by atomic mass is 32.1. The Morgan fingerprint density at radius 2 is 0.598 bits per heavy atom. The van der Waals surface area contributed by atoms with Gasteiger partial charge in [0.25, 0.3) is 0 Å². The SMILES string of the molecule is Cc1ccc([Si]2(c3ccc(C)cc3)c3ccccc3N(c3cc(-c4ccc(C)s4)c4cc(N5c6ccccc6[Si](c6ccc(C)cc6)(c6ccc(C)cc6)c6cc7c(cc65)sc5ccccc57)cc(-c5ccc(C)s5)c4c3)c3cc4sc5ccccc5c4cc32)cc1. The van der Waals surface area contributed by atoms with Crippen LogP contribution in [-0.2, 0) is 0 Å². The van der Waals surface area contributed by atoms with Gasteiger partial charge in [-0.05, 0) is 179 Å². The summed E-state index contributed by atoms with van der Waals surface area (Å²) in [5.41, 5.74) is 14.8. The Morgan fingerprint density at radius 3 is 0.957 bits per heavy atom. The van der Waals surface area contributed by atoms with Crippen LogP contribution in [0, 0.1) is 41.5 Å². The van der Waals surface area contributed by atoms with Gasteiger partial charge in [0, 0.05) is 105 Å². The third kappa shape index (κ3) is 8.31. The predicted octanol–water partition coefficient (Wildman–Crippen LogP) is 19.2. The second-order valence-electron chi connectivity index (χ2n) is 25.5. The first-order valence-electron chi connectivity index (χ1n) is 31.8. The number of para-hydroxylation sites is 2. The minimum Gasteiger partial charge on any atom is -0.311 e. The number of anilines is 6. The van der Waals surface area contributed by atoms with Gasteiger partial charge in [0.05, 0.1) is 0 Å². The zero-order valence-electron chi connectivity index (χ0n) is 51.9. The second-order valence-corrected chi connectivity index (χ2v) is 37.7. The average Bonchev–Trinajstić information content (AvgIpc) is 0.970. The largest absolute Gasteiger partial charge is 0.311 e. The molecule has 0 atom stereocenters. The van der Waals surface area contributed by atoms with Crippen LogP contribution in [0.2, 0.25) is 0 Å². The van der Waals surface area contributed by atoms with Crippen molar-refractivity contribution in [2.75, 3.05) is 9.80 Å². The zero-order valence-corrected chi connectivity index (χ0v) is 57.2. The molecule has 0 aliphatic carbocycles. The first kappa shape index (κ1) is 55.6. The maximum absolute atomic E-state index is 3.07. The fraction of sp³-hybridized carbons (Fsp3) is 0.0714. The molecule has 0 saturated carbocycles. The van der Waals surface area contributed by atoms with Crippen molar-refractivity contribution in [2.24, 2.45) is 0 Å². The molecule has 6 heterocycles. The molecule has 0 spiro atoms. The van der Waals surface area contributed by atoms with Crippen LogP contribution >= 0.6 is 45.3 Å². The minimum atomic E-state index is -3.07. The Morgan fingerprint density at radius 1 is 0.250 bits per heavy atom. The summed E-state index contributed by atoms with van der Waals surface area (Å²) in [4.78, 5) is 10.4. The van der Waals surface area contributed by atoms with Crippen molar-refractivity contribution in [3.05, 3.63) is 299 Å². The number of hydrogen-bond donors (Lipinski definition) is 0. The van der Waals surface area contributed by atoms with E-state index < -0.39 is 16.1 Å². The monoisotopic (exact) mass is 1280 g/mol. The van der Waals surface area contributed by atoms with Crippen molar-refractivity contribution in [1.82, 2.24) is 0 Å². The van der Waals surface area contributed by atoms with Gasteiger partial charge in [-0.25, -0.2) is 0 Å². The van der Waals surface area contributed by atoms with Crippen molar-refractivity contribution in [3.8, 4) is 20.9 Å². The Balaban J connectivity index is 0.947. The molecule has 16 aromatic rings. The van der Waals surface area contributed by atoms with E-state index in [1.807, 2.05) is 45.3 Å². The lowest BCUT2D eigenvalue weighted by Gasteiger charge is -2.45. The lowest BCUT2D eigenvalue weighted by molar-refractivity contribution is 1.29. The maximum Gasteiger partial charge on any atom is 0.184 e. The van der Waals surface area contributed by atoms with E-state index in [1.54, 1.807) is 0 Å². The number of aryl methyl sites for hydroxylation is 6. The number of thiophene rings is 4. The predicted molar refractivity (Wildman–Crippen MR) is 408 cm³/mol. The van der Waals surface area contributed by atoms with Gasteiger partial charge in [0.2, 0.25) is 0 Å². The summed E-state index contributed by atoms with van der Waals surface area (Å²) in [6.45, 7) is 13.4. The fourth-order valence-electron chi connectivity index (χ4n) is 15.6. The second kappa shape index (κ2) is 21.2. The Labute approximate surface area is 554 Å². The lowest BCUT2D eigenvalue weighted by atomic mass is 9.95. The van der Waals surface area contributed by atoms with Gasteiger partial charge < -0.3 is 9.80 Å². The third-order valence-corrected chi connectivity index (χ3v) is 33.9. The van der Waals surface area contributed by atoms with E-state index in [0.29, 0.717) is 0 Å². The van der Waals surface area contributed by atoms with E-state index in [4.69, 9.17) is 0 Å². The number of hydrogen-bond acceptors (Lipinski definition) is 6. The highest BCUT2D eigenvalue weighted by Crippen LogP contribution is 2.51. The van der Waals surface area contributed by atoms with Crippen molar-refractivity contribution in [1.29, 1.82) is 0 Å². The van der Waals surface area contributed by atoms with E-state index in [9.17, 15) is 0 Å². The van der Waals surface area contributed by atoms with Gasteiger partial charge in [0.15, 0.2) is 16.1 Å². The lowest BCUT2D eigenvalue weighted by Crippen LogP contribution is -2.77. The smallest absolute Gasteiger partial charge is 0.184 e. The number of nitrogens with zero attached hydrogens (tertiary/aromatic N) is 2. The maximum atomic E-state index is 2.66. The first-order valence-corrected chi connectivity index (χ1v) is 39.0. The summed E-state index contributed by atoms with van der Waals surface area (Å²) < 4.78 is 5.22. The average molecular weight is 1280 g/mol. The van der Waals surface area contributed by atoms with E-state index >= 15 is 0 Å². The summed E-state index contributed by atoms with van der Waals surface area (Å²) in [7, 11) is -6.14. The van der Waals surface area contributed by atoms with E-state index in [-0.39, 0.29) is 0 Å². The molecule has 0 amide bonds. The van der Waals surface area contributed by atoms with Crippen molar-refractivity contribution in [2.45, 2.75) is 41.5 Å².